The molecule has 0 saturated carbocycles. The van der Waals surface area contributed by atoms with Gasteiger partial charge in [0.1, 0.15) is 0 Å². The third-order valence-corrected chi connectivity index (χ3v) is 15.4. The van der Waals surface area contributed by atoms with Gasteiger partial charge in [0, 0.05) is 12.8 Å². The summed E-state index contributed by atoms with van der Waals surface area (Å²) < 4.78 is 5.50. The van der Waals surface area contributed by atoms with Gasteiger partial charge in [0.25, 0.3) is 0 Å². The van der Waals surface area contributed by atoms with Crippen LogP contribution in [0, 0.1) is 0 Å². The van der Waals surface area contributed by atoms with E-state index >= 15 is 0 Å². The molecule has 0 fully saturated rings. The van der Waals surface area contributed by atoms with Crippen LogP contribution in [0.15, 0.2) is 36.5 Å². The Balaban J connectivity index is 3.41. The van der Waals surface area contributed by atoms with Crippen molar-refractivity contribution in [3.8, 4) is 0 Å². The summed E-state index contributed by atoms with van der Waals surface area (Å²) in [6.07, 6.45) is 80.2. The Morgan fingerprint density at radius 2 is 0.676 bits per heavy atom. The van der Waals surface area contributed by atoms with Gasteiger partial charge < -0.3 is 20.3 Å². The Hall–Kier alpha value is -1.92. The Labute approximate surface area is 462 Å². The maximum Gasteiger partial charge on any atom is 0.305 e. The van der Waals surface area contributed by atoms with Crippen LogP contribution in [0.1, 0.15) is 361 Å². The molecule has 0 aliphatic rings. The number of nitrogens with one attached hydrogen (secondary N) is 1. The summed E-state index contributed by atoms with van der Waals surface area (Å²) >= 11 is 0. The first-order chi connectivity index (χ1) is 36.5. The number of amides is 1. The van der Waals surface area contributed by atoms with Crippen LogP contribution >= 0.6 is 0 Å². The summed E-state index contributed by atoms with van der Waals surface area (Å²) in [7, 11) is 0. The molecule has 0 aromatic rings. The summed E-state index contributed by atoms with van der Waals surface area (Å²) in [4.78, 5) is 24.6. The molecule has 0 heterocycles. The van der Waals surface area contributed by atoms with Gasteiger partial charge in [0.05, 0.1) is 25.4 Å². The van der Waals surface area contributed by atoms with E-state index in [1.165, 1.54) is 276 Å². The summed E-state index contributed by atoms with van der Waals surface area (Å²) in [6, 6.07) is -0.548. The molecule has 0 bridgehead atoms. The molecule has 436 valence electrons. The van der Waals surface area contributed by atoms with Crippen molar-refractivity contribution in [2.75, 3.05) is 13.2 Å². The molecule has 1 amide bonds. The molecule has 0 aromatic carbocycles. The van der Waals surface area contributed by atoms with Crippen LogP contribution in [-0.2, 0) is 14.3 Å². The van der Waals surface area contributed by atoms with Gasteiger partial charge in [-0.25, -0.2) is 0 Å². The first-order valence-corrected chi connectivity index (χ1v) is 33.2. The number of hydrogen-bond acceptors (Lipinski definition) is 5. The topological polar surface area (TPSA) is 95.9 Å². The molecule has 74 heavy (non-hydrogen) atoms. The van der Waals surface area contributed by atoms with Crippen molar-refractivity contribution >= 4 is 11.9 Å². The third-order valence-electron chi connectivity index (χ3n) is 15.4. The third kappa shape index (κ3) is 59.3. The lowest BCUT2D eigenvalue weighted by atomic mass is 10.0. The van der Waals surface area contributed by atoms with Crippen LogP contribution < -0.4 is 5.32 Å². The van der Waals surface area contributed by atoms with Crippen molar-refractivity contribution in [1.82, 2.24) is 5.32 Å². The van der Waals surface area contributed by atoms with Crippen molar-refractivity contribution in [3.05, 3.63) is 36.5 Å². The highest BCUT2D eigenvalue weighted by atomic mass is 16.5. The minimum absolute atomic E-state index is 0.00490. The predicted molar refractivity (Wildman–Crippen MR) is 324 cm³/mol. The highest BCUT2D eigenvalue weighted by Gasteiger charge is 2.20. The number of carbonyl (C=O) groups excluding carboxylic acids is 2. The van der Waals surface area contributed by atoms with Gasteiger partial charge in [0.15, 0.2) is 0 Å². The smallest absolute Gasteiger partial charge is 0.305 e. The molecule has 0 aromatic heterocycles. The van der Waals surface area contributed by atoms with E-state index in [1.807, 2.05) is 0 Å². The largest absolute Gasteiger partial charge is 0.466 e. The Bertz CT molecular complexity index is 1200. The van der Waals surface area contributed by atoms with Gasteiger partial charge >= 0.3 is 5.97 Å². The second-order valence-electron chi connectivity index (χ2n) is 22.8. The Kier molecular flexibility index (Phi) is 62.0. The van der Waals surface area contributed by atoms with Crippen molar-refractivity contribution in [3.63, 3.8) is 0 Å². The van der Waals surface area contributed by atoms with Crippen LogP contribution in [0.2, 0.25) is 0 Å². The number of hydrogen-bond donors (Lipinski definition) is 3. The summed E-state index contributed by atoms with van der Waals surface area (Å²) in [5.41, 5.74) is 0. The molecular weight excluding hydrogens is 911 g/mol. The molecule has 0 rings (SSSR count). The van der Waals surface area contributed by atoms with Crippen molar-refractivity contribution in [1.29, 1.82) is 0 Å². The number of aliphatic hydroxyl groups excluding tert-OH is 2. The minimum Gasteiger partial charge on any atom is -0.466 e. The number of ether oxygens (including phenoxy) is 1. The second kappa shape index (κ2) is 63.6. The minimum atomic E-state index is -0.670. The van der Waals surface area contributed by atoms with E-state index in [2.05, 4.69) is 55.6 Å². The quantitative estimate of drug-likeness (QED) is 0.0320. The van der Waals surface area contributed by atoms with Crippen LogP contribution in [0.3, 0.4) is 0 Å². The number of carbonyl (C=O) groups is 2. The van der Waals surface area contributed by atoms with E-state index in [0.29, 0.717) is 25.9 Å². The number of aliphatic hydroxyl groups is 2. The molecule has 0 spiro atoms. The number of esters is 1. The molecule has 0 aliphatic carbocycles. The first-order valence-electron chi connectivity index (χ1n) is 33.2. The Morgan fingerprint density at radius 1 is 0.378 bits per heavy atom. The molecule has 6 nitrogen and oxygen atoms in total. The Morgan fingerprint density at radius 3 is 1.07 bits per heavy atom. The summed E-state index contributed by atoms with van der Waals surface area (Å²) in [6.45, 7) is 4.94. The lowest BCUT2D eigenvalue weighted by Gasteiger charge is -2.22. The van der Waals surface area contributed by atoms with Crippen LogP contribution in [0.5, 0.6) is 0 Å². The highest BCUT2D eigenvalue weighted by molar-refractivity contribution is 5.76. The number of unbranched alkanes of at least 4 members (excludes halogenated alkanes) is 45. The zero-order valence-electron chi connectivity index (χ0n) is 49.8. The van der Waals surface area contributed by atoms with Gasteiger partial charge in [-0.2, -0.15) is 0 Å². The van der Waals surface area contributed by atoms with Crippen LogP contribution in [0.25, 0.3) is 0 Å². The van der Waals surface area contributed by atoms with E-state index in [1.54, 1.807) is 0 Å². The second-order valence-corrected chi connectivity index (χ2v) is 22.8. The summed E-state index contributed by atoms with van der Waals surface area (Å²) in [5.74, 6) is -0.0355. The van der Waals surface area contributed by atoms with Gasteiger partial charge in [0.2, 0.25) is 5.91 Å². The van der Waals surface area contributed by atoms with Crippen molar-refractivity contribution < 1.29 is 24.5 Å². The lowest BCUT2D eigenvalue weighted by molar-refractivity contribution is -0.143. The zero-order valence-corrected chi connectivity index (χ0v) is 49.8. The van der Waals surface area contributed by atoms with E-state index in [-0.39, 0.29) is 18.5 Å². The fraction of sp³-hybridized carbons (Fsp3) is 0.882. The molecule has 3 N–H and O–H groups in total. The predicted octanol–water partition coefficient (Wildman–Crippen LogP) is 21.1. The number of allylic oxidation sites excluding steroid dienone is 6. The van der Waals surface area contributed by atoms with Gasteiger partial charge in [-0.1, -0.05) is 301 Å². The molecule has 2 unspecified atom stereocenters. The van der Waals surface area contributed by atoms with E-state index < -0.39 is 12.1 Å². The fourth-order valence-corrected chi connectivity index (χ4v) is 10.3. The standard InChI is InChI=1S/C68H129NO5/c1-3-5-7-9-11-13-15-17-19-21-25-30-34-38-42-46-50-54-58-62-68(73)74-63-59-55-51-47-43-39-35-31-27-24-22-23-26-29-33-37-41-45-49-53-57-61-67(72)69-65(64-70)66(71)60-56-52-48-44-40-36-32-28-20-18-16-14-12-10-8-6-4-2/h11,13,17,19,23,26,65-66,70-71H,3-10,12,14-16,18,20-22,24-25,27-64H2,1-2H3,(H,69,72)/b13-11-,19-17-,26-23-. The average molecular weight is 1040 g/mol. The molecule has 2 atom stereocenters. The normalized spacial score (nSPS) is 12.8. The van der Waals surface area contributed by atoms with Crippen LogP contribution in [0.4, 0.5) is 0 Å². The maximum atomic E-state index is 12.5. The molecule has 0 saturated heterocycles. The lowest BCUT2D eigenvalue weighted by Crippen LogP contribution is -2.45. The van der Waals surface area contributed by atoms with E-state index in [4.69, 9.17) is 4.74 Å². The monoisotopic (exact) mass is 1040 g/mol. The SMILES string of the molecule is CCCCC/C=C\C/C=C\CCCCCCCCCCCC(=O)OCCCCCCCCCCCC/C=C\CCCCCCCCCC(=O)NC(CO)C(O)CCCCCCCCCCCCCCCCCCC. The number of rotatable bonds is 62. The van der Waals surface area contributed by atoms with E-state index in [9.17, 15) is 19.8 Å². The van der Waals surface area contributed by atoms with Gasteiger partial charge in [-0.05, 0) is 83.5 Å². The molecular formula is C68H129NO5. The van der Waals surface area contributed by atoms with Gasteiger partial charge in [-0.3, -0.25) is 9.59 Å². The summed E-state index contributed by atoms with van der Waals surface area (Å²) in [5, 5.41) is 23.3. The van der Waals surface area contributed by atoms with Gasteiger partial charge in [-0.15, -0.1) is 0 Å². The first kappa shape index (κ1) is 72.1. The van der Waals surface area contributed by atoms with Crippen molar-refractivity contribution in [2.45, 2.75) is 373 Å². The molecule has 0 aliphatic heterocycles. The molecule has 6 heteroatoms. The molecule has 0 radical (unpaired) electrons. The zero-order chi connectivity index (χ0) is 53.6. The fourth-order valence-electron chi connectivity index (χ4n) is 10.3. The van der Waals surface area contributed by atoms with E-state index in [0.717, 1.165) is 51.4 Å². The van der Waals surface area contributed by atoms with Crippen molar-refractivity contribution in [2.24, 2.45) is 0 Å². The van der Waals surface area contributed by atoms with Crippen LogP contribution in [-0.4, -0.2) is 47.4 Å². The highest BCUT2D eigenvalue weighted by Crippen LogP contribution is 2.18. The maximum absolute atomic E-state index is 12.5. The average Bonchev–Trinajstić information content (AvgIpc) is 3.40.